The van der Waals surface area contributed by atoms with Gasteiger partial charge in [-0.2, -0.15) is 5.10 Å². The monoisotopic (exact) mass is 218 g/mol. The second-order valence-electron chi connectivity index (χ2n) is 3.48. The zero-order valence-electron chi connectivity index (χ0n) is 9.69. The molecule has 0 spiro atoms. The lowest BCUT2D eigenvalue weighted by atomic mass is 10.2. The summed E-state index contributed by atoms with van der Waals surface area (Å²) in [7, 11) is 1.85. The lowest BCUT2D eigenvalue weighted by molar-refractivity contribution is 0.298. The summed E-state index contributed by atoms with van der Waals surface area (Å²) in [4.78, 5) is 8.68. The van der Waals surface area contributed by atoms with Crippen molar-refractivity contribution in [3.63, 3.8) is 0 Å². The summed E-state index contributed by atoms with van der Waals surface area (Å²) in [5.74, 6) is 1.25. The molecule has 0 aliphatic heterocycles. The molecule has 0 unspecified atom stereocenters. The first-order valence-corrected chi connectivity index (χ1v) is 5.12. The van der Waals surface area contributed by atoms with Crippen LogP contribution in [0.5, 0.6) is 0 Å². The van der Waals surface area contributed by atoms with Crippen molar-refractivity contribution < 1.29 is 4.74 Å². The first-order valence-electron chi connectivity index (χ1n) is 5.12. The van der Waals surface area contributed by atoms with Gasteiger partial charge in [-0.3, -0.25) is 4.68 Å². The third-order valence-corrected chi connectivity index (χ3v) is 2.29. The SMILES string of the molecule is C=C(OCC)c1nc(C)nc2c1cnn2C. The second-order valence-corrected chi connectivity index (χ2v) is 3.48. The third-order valence-electron chi connectivity index (χ3n) is 2.29. The van der Waals surface area contributed by atoms with Gasteiger partial charge in [0, 0.05) is 7.05 Å². The van der Waals surface area contributed by atoms with Gasteiger partial charge in [-0.05, 0) is 13.8 Å². The van der Waals surface area contributed by atoms with Crippen molar-refractivity contribution in [3.8, 4) is 0 Å². The third kappa shape index (κ3) is 1.64. The van der Waals surface area contributed by atoms with Crippen LogP contribution in [0.2, 0.25) is 0 Å². The van der Waals surface area contributed by atoms with Crippen molar-refractivity contribution in [1.82, 2.24) is 19.7 Å². The van der Waals surface area contributed by atoms with E-state index in [0.717, 1.165) is 16.7 Å². The van der Waals surface area contributed by atoms with Gasteiger partial charge in [-0.25, -0.2) is 9.97 Å². The fraction of sp³-hybridized carbons (Fsp3) is 0.364. The van der Waals surface area contributed by atoms with E-state index in [9.17, 15) is 0 Å². The predicted molar refractivity (Wildman–Crippen MR) is 61.7 cm³/mol. The molecule has 0 aliphatic rings. The van der Waals surface area contributed by atoms with Gasteiger partial charge in [-0.1, -0.05) is 6.58 Å². The maximum absolute atomic E-state index is 5.38. The van der Waals surface area contributed by atoms with E-state index in [1.165, 1.54) is 0 Å². The highest BCUT2D eigenvalue weighted by Gasteiger charge is 2.12. The molecule has 5 nitrogen and oxygen atoms in total. The molecule has 2 aromatic rings. The number of nitrogens with zero attached hydrogens (tertiary/aromatic N) is 4. The van der Waals surface area contributed by atoms with Gasteiger partial charge in [0.25, 0.3) is 0 Å². The summed E-state index contributed by atoms with van der Waals surface area (Å²) in [5.41, 5.74) is 1.51. The fourth-order valence-corrected chi connectivity index (χ4v) is 1.59. The highest BCUT2D eigenvalue weighted by molar-refractivity contribution is 5.85. The van der Waals surface area contributed by atoms with E-state index >= 15 is 0 Å². The Bertz CT molecular complexity index is 544. The van der Waals surface area contributed by atoms with Crippen LogP contribution in [0.25, 0.3) is 16.8 Å². The van der Waals surface area contributed by atoms with Crippen LogP contribution < -0.4 is 0 Å². The van der Waals surface area contributed by atoms with Crippen molar-refractivity contribution in [2.24, 2.45) is 7.05 Å². The Kier molecular flexibility index (Phi) is 2.60. The topological polar surface area (TPSA) is 52.8 Å². The van der Waals surface area contributed by atoms with E-state index in [-0.39, 0.29) is 0 Å². The van der Waals surface area contributed by atoms with Crippen molar-refractivity contribution in [2.75, 3.05) is 6.61 Å². The van der Waals surface area contributed by atoms with Crippen LogP contribution in [0.3, 0.4) is 0 Å². The molecule has 0 amide bonds. The number of aryl methyl sites for hydroxylation is 2. The molecule has 5 heteroatoms. The second kappa shape index (κ2) is 3.92. The standard InChI is InChI=1S/C11H14N4O/c1-5-16-7(2)10-9-6-12-15(4)11(9)14-8(3)13-10/h6H,2,5H2,1,3-4H3. The fourth-order valence-electron chi connectivity index (χ4n) is 1.59. The lowest BCUT2D eigenvalue weighted by Crippen LogP contribution is -2.00. The highest BCUT2D eigenvalue weighted by Crippen LogP contribution is 2.21. The Morgan fingerprint density at radius 1 is 1.50 bits per heavy atom. The molecule has 0 radical (unpaired) electrons. The summed E-state index contributed by atoms with van der Waals surface area (Å²) in [5, 5.41) is 5.02. The number of fused-ring (bicyclic) bond motifs is 1. The molecule has 0 atom stereocenters. The summed E-state index contributed by atoms with van der Waals surface area (Å²) in [6, 6.07) is 0. The largest absolute Gasteiger partial charge is 0.492 e. The molecular weight excluding hydrogens is 204 g/mol. The van der Waals surface area contributed by atoms with Gasteiger partial charge in [-0.15, -0.1) is 0 Å². The van der Waals surface area contributed by atoms with Crippen LogP contribution in [-0.4, -0.2) is 26.4 Å². The molecule has 0 aliphatic carbocycles. The van der Waals surface area contributed by atoms with E-state index in [0.29, 0.717) is 18.2 Å². The zero-order valence-corrected chi connectivity index (χ0v) is 9.69. The van der Waals surface area contributed by atoms with Crippen LogP contribution in [-0.2, 0) is 11.8 Å². The molecular formula is C11H14N4O. The number of hydrogen-bond donors (Lipinski definition) is 0. The molecule has 2 aromatic heterocycles. The Hall–Kier alpha value is -1.91. The average Bonchev–Trinajstić information content (AvgIpc) is 2.60. The molecule has 2 rings (SSSR count). The molecule has 16 heavy (non-hydrogen) atoms. The minimum atomic E-state index is 0.561. The number of aromatic nitrogens is 4. The molecule has 0 saturated carbocycles. The molecule has 0 saturated heterocycles. The minimum absolute atomic E-state index is 0.561. The first-order chi connectivity index (χ1) is 7.63. The van der Waals surface area contributed by atoms with E-state index in [1.54, 1.807) is 10.9 Å². The maximum atomic E-state index is 5.38. The molecule has 0 fully saturated rings. The van der Waals surface area contributed by atoms with Crippen LogP contribution >= 0.6 is 0 Å². The summed E-state index contributed by atoms with van der Waals surface area (Å²) in [6.45, 7) is 8.20. The molecule has 2 heterocycles. The number of rotatable bonds is 3. The van der Waals surface area contributed by atoms with E-state index in [4.69, 9.17) is 4.74 Å². The van der Waals surface area contributed by atoms with E-state index in [2.05, 4.69) is 21.6 Å². The summed E-state index contributed by atoms with van der Waals surface area (Å²) < 4.78 is 7.09. The molecule has 0 bridgehead atoms. The Morgan fingerprint density at radius 3 is 2.94 bits per heavy atom. The molecule has 0 aromatic carbocycles. The highest BCUT2D eigenvalue weighted by atomic mass is 16.5. The van der Waals surface area contributed by atoms with Crippen molar-refractivity contribution in [3.05, 3.63) is 24.3 Å². The molecule has 84 valence electrons. The Morgan fingerprint density at radius 2 is 2.25 bits per heavy atom. The Balaban J connectivity index is 2.64. The van der Waals surface area contributed by atoms with Gasteiger partial charge in [0.1, 0.15) is 17.3 Å². The van der Waals surface area contributed by atoms with Gasteiger partial charge >= 0.3 is 0 Å². The van der Waals surface area contributed by atoms with E-state index < -0.39 is 0 Å². The lowest BCUT2D eigenvalue weighted by Gasteiger charge is -2.07. The number of ether oxygens (including phenoxy) is 1. The van der Waals surface area contributed by atoms with Crippen molar-refractivity contribution in [2.45, 2.75) is 13.8 Å². The van der Waals surface area contributed by atoms with Crippen molar-refractivity contribution in [1.29, 1.82) is 0 Å². The quantitative estimate of drug-likeness (QED) is 0.735. The predicted octanol–water partition coefficient (Wildman–Crippen LogP) is 1.68. The molecule has 0 N–H and O–H groups in total. The van der Waals surface area contributed by atoms with Gasteiger partial charge in [0.05, 0.1) is 18.2 Å². The van der Waals surface area contributed by atoms with Crippen LogP contribution in [0, 0.1) is 6.92 Å². The minimum Gasteiger partial charge on any atom is -0.492 e. The Labute approximate surface area is 93.8 Å². The first kappa shape index (κ1) is 10.6. The average molecular weight is 218 g/mol. The van der Waals surface area contributed by atoms with Gasteiger partial charge in [0.15, 0.2) is 5.65 Å². The van der Waals surface area contributed by atoms with Crippen LogP contribution in [0.15, 0.2) is 12.8 Å². The zero-order chi connectivity index (χ0) is 11.7. The summed E-state index contributed by atoms with van der Waals surface area (Å²) in [6.07, 6.45) is 1.73. The number of hydrogen-bond acceptors (Lipinski definition) is 4. The normalized spacial score (nSPS) is 10.7. The smallest absolute Gasteiger partial charge is 0.161 e. The van der Waals surface area contributed by atoms with Crippen LogP contribution in [0.1, 0.15) is 18.4 Å². The van der Waals surface area contributed by atoms with Gasteiger partial charge in [0.2, 0.25) is 0 Å². The van der Waals surface area contributed by atoms with Crippen LogP contribution in [0.4, 0.5) is 0 Å². The maximum Gasteiger partial charge on any atom is 0.161 e. The van der Waals surface area contributed by atoms with E-state index in [1.807, 2.05) is 20.9 Å². The van der Waals surface area contributed by atoms with Crippen molar-refractivity contribution >= 4 is 16.8 Å². The summed E-state index contributed by atoms with van der Waals surface area (Å²) >= 11 is 0. The van der Waals surface area contributed by atoms with Gasteiger partial charge < -0.3 is 4.74 Å².